The summed E-state index contributed by atoms with van der Waals surface area (Å²) in [5.74, 6) is -0.303. The van der Waals surface area contributed by atoms with Crippen LogP contribution in [0.4, 0.5) is 16.5 Å². The number of benzene rings is 1. The zero-order chi connectivity index (χ0) is 20.5. The summed E-state index contributed by atoms with van der Waals surface area (Å²) >= 11 is 1.58. The molecule has 0 saturated carbocycles. The van der Waals surface area contributed by atoms with E-state index in [4.69, 9.17) is 4.74 Å². The fraction of sp³-hybridized carbons (Fsp3) is 0.389. The van der Waals surface area contributed by atoms with Gasteiger partial charge in [-0.1, -0.05) is 11.3 Å². The summed E-state index contributed by atoms with van der Waals surface area (Å²) in [4.78, 5) is 29.9. The average molecular weight is 416 g/mol. The van der Waals surface area contributed by atoms with E-state index in [0.29, 0.717) is 30.3 Å². The molecule has 1 amide bonds. The quantitative estimate of drug-likeness (QED) is 0.502. The summed E-state index contributed by atoms with van der Waals surface area (Å²) < 4.78 is 7.71. The number of thiazole rings is 1. The zero-order valence-electron chi connectivity index (χ0n) is 16.0. The maximum atomic E-state index is 12.4. The summed E-state index contributed by atoms with van der Waals surface area (Å²) in [6.07, 6.45) is 0. The number of hydrogen-bond donors (Lipinski definition) is 1. The van der Waals surface area contributed by atoms with Crippen LogP contribution in [0.3, 0.4) is 0 Å². The second-order valence-electron chi connectivity index (χ2n) is 6.76. The number of carbonyl (C=O) groups is 1. The van der Waals surface area contributed by atoms with Crippen LogP contribution in [0.5, 0.6) is 0 Å². The predicted molar refractivity (Wildman–Crippen MR) is 110 cm³/mol. The lowest BCUT2D eigenvalue weighted by atomic mass is 10.3. The molecule has 0 bridgehead atoms. The monoisotopic (exact) mass is 416 g/mol. The van der Waals surface area contributed by atoms with Gasteiger partial charge >= 0.3 is 5.69 Å². The van der Waals surface area contributed by atoms with Crippen molar-refractivity contribution >= 4 is 44.0 Å². The maximum absolute atomic E-state index is 12.4. The third kappa shape index (κ3) is 3.91. The smallest absolute Gasteiger partial charge is 0.312 e. The Morgan fingerprint density at radius 3 is 2.79 bits per heavy atom. The Balaban J connectivity index is 1.48. The molecule has 1 saturated heterocycles. The highest BCUT2D eigenvalue weighted by Gasteiger charge is 2.23. The summed E-state index contributed by atoms with van der Waals surface area (Å²) in [7, 11) is 0. The van der Waals surface area contributed by atoms with Crippen molar-refractivity contribution in [2.45, 2.75) is 20.4 Å². The van der Waals surface area contributed by atoms with Gasteiger partial charge in [0, 0.05) is 18.8 Å². The van der Waals surface area contributed by atoms with Gasteiger partial charge in [0.25, 0.3) is 0 Å². The van der Waals surface area contributed by atoms with E-state index in [1.54, 1.807) is 31.3 Å². The Morgan fingerprint density at radius 1 is 1.34 bits per heavy atom. The van der Waals surface area contributed by atoms with Gasteiger partial charge in [-0.25, -0.2) is 4.98 Å². The Kier molecular flexibility index (Phi) is 5.16. The lowest BCUT2D eigenvalue weighted by Gasteiger charge is -2.25. The fourth-order valence-corrected chi connectivity index (χ4v) is 4.38. The van der Waals surface area contributed by atoms with E-state index < -0.39 is 4.92 Å². The first kappa shape index (κ1) is 19.3. The summed E-state index contributed by atoms with van der Waals surface area (Å²) in [5.41, 5.74) is 2.12. The molecule has 0 atom stereocenters. The number of ether oxygens (including phenoxy) is 1. The molecule has 152 valence electrons. The number of aromatic nitrogens is 3. The third-order valence-corrected chi connectivity index (χ3v) is 5.84. The van der Waals surface area contributed by atoms with Crippen LogP contribution >= 0.6 is 11.3 Å². The Morgan fingerprint density at radius 2 is 2.10 bits per heavy atom. The van der Waals surface area contributed by atoms with Gasteiger partial charge < -0.3 is 15.0 Å². The lowest BCUT2D eigenvalue weighted by Crippen LogP contribution is -2.36. The first-order chi connectivity index (χ1) is 13.9. The van der Waals surface area contributed by atoms with Crippen molar-refractivity contribution in [1.82, 2.24) is 14.8 Å². The largest absolute Gasteiger partial charge is 0.378 e. The van der Waals surface area contributed by atoms with E-state index in [-0.39, 0.29) is 18.1 Å². The maximum Gasteiger partial charge on any atom is 0.312 e. The predicted octanol–water partition coefficient (Wildman–Crippen LogP) is 2.49. The van der Waals surface area contributed by atoms with E-state index in [1.165, 1.54) is 4.68 Å². The van der Waals surface area contributed by atoms with Crippen LogP contribution < -0.4 is 10.2 Å². The number of morpholine rings is 1. The van der Waals surface area contributed by atoms with E-state index >= 15 is 0 Å². The molecule has 1 aliphatic heterocycles. The van der Waals surface area contributed by atoms with Gasteiger partial charge in [-0.2, -0.15) is 5.10 Å². The molecule has 1 aliphatic rings. The van der Waals surface area contributed by atoms with Crippen LogP contribution in [0.15, 0.2) is 18.2 Å². The van der Waals surface area contributed by atoms with Crippen LogP contribution in [-0.2, 0) is 16.1 Å². The molecule has 0 spiro atoms. The number of amides is 1. The van der Waals surface area contributed by atoms with Crippen LogP contribution in [0.2, 0.25) is 0 Å². The number of aryl methyl sites for hydroxylation is 1. The van der Waals surface area contributed by atoms with Crippen molar-refractivity contribution in [3.05, 3.63) is 39.7 Å². The van der Waals surface area contributed by atoms with Gasteiger partial charge in [-0.3, -0.25) is 19.6 Å². The topological polar surface area (TPSA) is 115 Å². The number of fused-ring (bicyclic) bond motifs is 1. The number of rotatable bonds is 5. The average Bonchev–Trinajstić information content (AvgIpc) is 3.22. The lowest BCUT2D eigenvalue weighted by molar-refractivity contribution is -0.386. The molecular formula is C18H20N6O4S. The minimum Gasteiger partial charge on any atom is -0.378 e. The van der Waals surface area contributed by atoms with Gasteiger partial charge in [0.05, 0.1) is 28.4 Å². The molecule has 3 aromatic rings. The van der Waals surface area contributed by atoms with Gasteiger partial charge in [0.1, 0.15) is 17.9 Å². The van der Waals surface area contributed by atoms with E-state index in [9.17, 15) is 14.9 Å². The summed E-state index contributed by atoms with van der Waals surface area (Å²) in [6, 6.07) is 5.56. The molecule has 1 aromatic carbocycles. The molecule has 10 nitrogen and oxygen atoms in total. The third-order valence-electron chi connectivity index (χ3n) is 4.76. The number of nitrogens with one attached hydrogen (secondary N) is 1. The second-order valence-corrected chi connectivity index (χ2v) is 7.77. The SMILES string of the molecule is Cc1nn(CC(=O)Nc2ccc3nc(N4CCOCC4)sc3c2)c(C)c1[N+](=O)[O-]. The molecule has 3 heterocycles. The molecule has 0 aliphatic carbocycles. The number of nitrogens with zero attached hydrogens (tertiary/aromatic N) is 5. The molecule has 11 heteroatoms. The van der Waals surface area contributed by atoms with Gasteiger partial charge in [-0.05, 0) is 32.0 Å². The van der Waals surface area contributed by atoms with Crippen LogP contribution in [-0.4, -0.2) is 51.9 Å². The van der Waals surface area contributed by atoms with Crippen molar-refractivity contribution in [3.63, 3.8) is 0 Å². The normalized spacial score (nSPS) is 14.3. The van der Waals surface area contributed by atoms with Crippen molar-refractivity contribution in [2.24, 2.45) is 0 Å². The molecule has 1 fully saturated rings. The van der Waals surface area contributed by atoms with Crippen molar-refractivity contribution in [2.75, 3.05) is 36.5 Å². The standard InChI is InChI=1S/C18H20N6O4S/c1-11-17(24(26)27)12(2)23(21-11)10-16(25)19-13-3-4-14-15(9-13)29-18(20-14)22-5-7-28-8-6-22/h3-4,9H,5-8,10H2,1-2H3,(H,19,25). The Labute approximate surface area is 170 Å². The summed E-state index contributed by atoms with van der Waals surface area (Å²) in [6.45, 7) is 6.07. The fourth-order valence-electron chi connectivity index (χ4n) is 3.32. The molecule has 1 N–H and O–H groups in total. The number of anilines is 2. The molecule has 4 rings (SSSR count). The van der Waals surface area contributed by atoms with E-state index in [1.807, 2.05) is 12.1 Å². The van der Waals surface area contributed by atoms with Gasteiger partial charge in [0.2, 0.25) is 5.91 Å². The molecular weight excluding hydrogens is 396 g/mol. The molecule has 29 heavy (non-hydrogen) atoms. The molecule has 0 unspecified atom stereocenters. The van der Waals surface area contributed by atoms with E-state index in [0.717, 1.165) is 28.4 Å². The van der Waals surface area contributed by atoms with Crippen LogP contribution in [0.1, 0.15) is 11.4 Å². The van der Waals surface area contributed by atoms with Crippen LogP contribution in [0, 0.1) is 24.0 Å². The Bertz CT molecular complexity index is 1090. The first-order valence-corrected chi connectivity index (χ1v) is 9.95. The second kappa shape index (κ2) is 7.76. The number of hydrogen-bond acceptors (Lipinski definition) is 8. The minimum absolute atomic E-state index is 0.0560. The number of nitro groups is 1. The highest BCUT2D eigenvalue weighted by Crippen LogP contribution is 2.31. The zero-order valence-corrected chi connectivity index (χ0v) is 16.9. The highest BCUT2D eigenvalue weighted by atomic mass is 32.1. The highest BCUT2D eigenvalue weighted by molar-refractivity contribution is 7.22. The first-order valence-electron chi connectivity index (χ1n) is 9.14. The molecule has 0 radical (unpaired) electrons. The Hall–Kier alpha value is -3.05. The van der Waals surface area contributed by atoms with Crippen molar-refractivity contribution in [1.29, 1.82) is 0 Å². The number of carbonyl (C=O) groups excluding carboxylic acids is 1. The van der Waals surface area contributed by atoms with E-state index in [2.05, 4.69) is 20.3 Å². The van der Waals surface area contributed by atoms with Gasteiger partial charge in [0.15, 0.2) is 5.13 Å². The minimum atomic E-state index is -0.476. The van der Waals surface area contributed by atoms with Crippen molar-refractivity contribution in [3.8, 4) is 0 Å². The van der Waals surface area contributed by atoms with Crippen molar-refractivity contribution < 1.29 is 14.5 Å². The summed E-state index contributed by atoms with van der Waals surface area (Å²) in [5, 5.41) is 19.0. The van der Waals surface area contributed by atoms with Gasteiger partial charge in [-0.15, -0.1) is 0 Å². The van der Waals surface area contributed by atoms with Crippen LogP contribution in [0.25, 0.3) is 10.2 Å². The molecule has 2 aromatic heterocycles.